The fourth-order valence-corrected chi connectivity index (χ4v) is 3.62. The van der Waals surface area contributed by atoms with Crippen molar-refractivity contribution in [2.45, 2.75) is 84.6 Å². The molecule has 1 aromatic carbocycles. The topological polar surface area (TPSA) is 102 Å². The van der Waals surface area contributed by atoms with E-state index < -0.39 is 52.6 Å². The number of nitrogens with zero attached hydrogens (tertiary/aromatic N) is 1. The molecule has 0 bridgehead atoms. The lowest BCUT2D eigenvalue weighted by atomic mass is 9.84. The smallest absolute Gasteiger partial charge is 0.417 e. The van der Waals surface area contributed by atoms with Gasteiger partial charge in [0.15, 0.2) is 11.3 Å². The van der Waals surface area contributed by atoms with Crippen molar-refractivity contribution in [2.24, 2.45) is 5.92 Å². The summed E-state index contributed by atoms with van der Waals surface area (Å²) in [4.78, 5) is 54.0. The molecule has 8 heteroatoms. The van der Waals surface area contributed by atoms with Crippen molar-refractivity contribution >= 4 is 23.9 Å². The molecule has 1 aromatic rings. The summed E-state index contributed by atoms with van der Waals surface area (Å²) < 4.78 is 10.8. The van der Waals surface area contributed by atoms with Crippen molar-refractivity contribution in [3.63, 3.8) is 0 Å². The standard InChI is InChI=1S/C24H34N2O6/c1-15(2)17-18(27)24(14-16-12-10-9-11-13-16,25-20(29)31-22(3,4)5)19(28)26(17)21(30)32-23(6,7)8/h9-13,15,17H,14H2,1-8H3,(H,25,29)/t17-,24-/m1/s1. The molecule has 1 aliphatic heterocycles. The molecule has 8 nitrogen and oxygen atoms in total. The molecule has 1 heterocycles. The Bertz CT molecular complexity index is 882. The number of nitrogens with one attached hydrogen (secondary N) is 1. The van der Waals surface area contributed by atoms with E-state index in [0.29, 0.717) is 5.56 Å². The highest BCUT2D eigenvalue weighted by atomic mass is 16.6. The normalized spacial score (nSPS) is 21.7. The summed E-state index contributed by atoms with van der Waals surface area (Å²) in [5, 5.41) is 2.52. The molecule has 0 unspecified atom stereocenters. The Morgan fingerprint density at radius 3 is 2.00 bits per heavy atom. The predicted octanol–water partition coefficient (Wildman–Crippen LogP) is 3.86. The molecule has 0 saturated carbocycles. The Kier molecular flexibility index (Phi) is 7.07. The Morgan fingerprint density at radius 2 is 1.53 bits per heavy atom. The number of ether oxygens (including phenoxy) is 2. The summed E-state index contributed by atoms with van der Waals surface area (Å²) in [6.07, 6.45) is -1.95. The van der Waals surface area contributed by atoms with Crippen LogP contribution in [0, 0.1) is 5.92 Å². The van der Waals surface area contributed by atoms with Crippen molar-refractivity contribution in [2.75, 3.05) is 0 Å². The largest absolute Gasteiger partial charge is 0.444 e. The van der Waals surface area contributed by atoms with Gasteiger partial charge in [-0.25, -0.2) is 14.5 Å². The van der Waals surface area contributed by atoms with Crippen LogP contribution in [0.1, 0.15) is 61.0 Å². The van der Waals surface area contributed by atoms with Crippen molar-refractivity contribution in [3.05, 3.63) is 35.9 Å². The number of rotatable bonds is 4. The third-order valence-electron chi connectivity index (χ3n) is 4.80. The Labute approximate surface area is 189 Å². The lowest BCUT2D eigenvalue weighted by molar-refractivity contribution is -0.135. The number of alkyl carbamates (subject to hydrolysis) is 1. The summed E-state index contributed by atoms with van der Waals surface area (Å²) in [6.45, 7) is 13.5. The first-order chi connectivity index (χ1) is 14.6. The Morgan fingerprint density at radius 1 is 1.00 bits per heavy atom. The molecular weight excluding hydrogens is 412 g/mol. The van der Waals surface area contributed by atoms with Gasteiger partial charge in [-0.2, -0.15) is 0 Å². The second-order valence-electron chi connectivity index (χ2n) is 10.4. The van der Waals surface area contributed by atoms with Gasteiger partial charge in [-0.1, -0.05) is 44.2 Å². The number of carbonyl (C=O) groups is 4. The highest BCUT2D eigenvalue weighted by Crippen LogP contribution is 2.34. The van der Waals surface area contributed by atoms with Crippen LogP contribution in [0.5, 0.6) is 0 Å². The first-order valence-electron chi connectivity index (χ1n) is 10.7. The molecule has 0 aromatic heterocycles. The third kappa shape index (κ3) is 5.66. The number of hydrogen-bond acceptors (Lipinski definition) is 6. The van der Waals surface area contributed by atoms with Gasteiger partial charge in [-0.05, 0) is 53.0 Å². The summed E-state index contributed by atoms with van der Waals surface area (Å²) in [5.41, 5.74) is -3.05. The van der Waals surface area contributed by atoms with Crippen LogP contribution >= 0.6 is 0 Å². The van der Waals surface area contributed by atoms with Crippen molar-refractivity contribution in [1.29, 1.82) is 0 Å². The van der Waals surface area contributed by atoms with Crippen molar-refractivity contribution < 1.29 is 28.7 Å². The number of amides is 3. The number of imide groups is 1. The van der Waals surface area contributed by atoms with Gasteiger partial charge in [0.25, 0.3) is 5.91 Å². The Hall–Kier alpha value is -2.90. The highest BCUT2D eigenvalue weighted by molar-refractivity contribution is 6.24. The number of ketones is 1. The molecule has 32 heavy (non-hydrogen) atoms. The van der Waals surface area contributed by atoms with Crippen molar-refractivity contribution in [3.8, 4) is 0 Å². The minimum absolute atomic E-state index is 0.118. The number of Topliss-reactive ketones (excluding diaryl/α,β-unsaturated/α-hetero) is 1. The maximum atomic E-state index is 13.7. The van der Waals surface area contributed by atoms with E-state index in [-0.39, 0.29) is 6.42 Å². The molecule has 2 atom stereocenters. The first-order valence-corrected chi connectivity index (χ1v) is 10.7. The van der Waals surface area contributed by atoms with Gasteiger partial charge in [0.05, 0.1) is 0 Å². The van der Waals surface area contributed by atoms with Crippen LogP contribution < -0.4 is 5.32 Å². The molecule has 3 amide bonds. The van der Waals surface area contributed by atoms with E-state index in [9.17, 15) is 19.2 Å². The van der Waals surface area contributed by atoms with Crippen molar-refractivity contribution in [1.82, 2.24) is 10.2 Å². The number of hydrogen-bond donors (Lipinski definition) is 1. The summed E-state index contributed by atoms with van der Waals surface area (Å²) in [7, 11) is 0. The average molecular weight is 447 g/mol. The molecule has 1 fully saturated rings. The highest BCUT2D eigenvalue weighted by Gasteiger charge is 2.63. The molecule has 176 valence electrons. The van der Waals surface area contributed by atoms with Gasteiger partial charge in [-0.15, -0.1) is 0 Å². The van der Waals surface area contributed by atoms with E-state index >= 15 is 0 Å². The zero-order valence-electron chi connectivity index (χ0n) is 20.1. The van der Waals surface area contributed by atoms with Crippen LogP contribution in [0.25, 0.3) is 0 Å². The molecule has 0 radical (unpaired) electrons. The fourth-order valence-electron chi connectivity index (χ4n) is 3.62. The number of benzene rings is 1. The number of likely N-dealkylation sites (tertiary alicyclic amines) is 1. The van der Waals surface area contributed by atoms with Crippen LogP contribution in [-0.2, 0) is 25.5 Å². The van der Waals surface area contributed by atoms with Crippen LogP contribution in [0.3, 0.4) is 0 Å². The summed E-state index contributed by atoms with van der Waals surface area (Å²) >= 11 is 0. The van der Waals surface area contributed by atoms with Crippen LogP contribution in [-0.4, -0.2) is 51.6 Å². The lowest BCUT2D eigenvalue weighted by Gasteiger charge is -2.29. The molecule has 1 N–H and O–H groups in total. The second-order valence-corrected chi connectivity index (χ2v) is 10.4. The van der Waals surface area contributed by atoms with Crippen LogP contribution in [0.2, 0.25) is 0 Å². The van der Waals surface area contributed by atoms with Crippen LogP contribution in [0.4, 0.5) is 9.59 Å². The number of carbonyl (C=O) groups excluding carboxylic acids is 4. The zero-order chi connectivity index (χ0) is 24.5. The summed E-state index contributed by atoms with van der Waals surface area (Å²) in [5.74, 6) is -1.79. The monoisotopic (exact) mass is 446 g/mol. The van der Waals surface area contributed by atoms with Crippen LogP contribution in [0.15, 0.2) is 30.3 Å². The van der Waals surface area contributed by atoms with Gasteiger partial charge in [0.2, 0.25) is 0 Å². The van der Waals surface area contributed by atoms with E-state index in [4.69, 9.17) is 9.47 Å². The molecule has 0 spiro atoms. The lowest BCUT2D eigenvalue weighted by Crippen LogP contribution is -2.60. The van der Waals surface area contributed by atoms with E-state index in [1.165, 1.54) is 0 Å². The average Bonchev–Trinajstić information content (AvgIpc) is 2.81. The Balaban J connectivity index is 2.57. The third-order valence-corrected chi connectivity index (χ3v) is 4.80. The minimum atomic E-state index is -1.99. The fraction of sp³-hybridized carbons (Fsp3) is 0.583. The van der Waals surface area contributed by atoms with E-state index in [0.717, 1.165) is 4.90 Å². The first kappa shape index (κ1) is 25.4. The molecule has 0 aliphatic carbocycles. The predicted molar refractivity (Wildman–Crippen MR) is 119 cm³/mol. The molecule has 2 rings (SSSR count). The second kappa shape index (κ2) is 8.92. The minimum Gasteiger partial charge on any atom is -0.444 e. The van der Waals surface area contributed by atoms with E-state index in [2.05, 4.69) is 5.32 Å². The molecular formula is C24H34N2O6. The van der Waals surface area contributed by atoms with E-state index in [1.807, 2.05) is 0 Å². The van der Waals surface area contributed by atoms with Gasteiger partial charge < -0.3 is 9.47 Å². The zero-order valence-corrected chi connectivity index (χ0v) is 20.1. The SMILES string of the molecule is CC(C)[C@@H]1C(=O)[C@@](Cc2ccccc2)(NC(=O)OC(C)(C)C)C(=O)N1C(=O)OC(C)(C)C. The van der Waals surface area contributed by atoms with Gasteiger partial charge >= 0.3 is 12.2 Å². The molecule has 1 saturated heterocycles. The van der Waals surface area contributed by atoms with Gasteiger partial charge in [-0.3, -0.25) is 14.9 Å². The molecule has 1 aliphatic rings. The van der Waals surface area contributed by atoms with E-state index in [1.54, 1.807) is 85.7 Å². The maximum Gasteiger partial charge on any atom is 0.417 e. The summed E-state index contributed by atoms with van der Waals surface area (Å²) in [6, 6.07) is 7.76. The maximum absolute atomic E-state index is 13.7. The van der Waals surface area contributed by atoms with Gasteiger partial charge in [0.1, 0.15) is 17.2 Å². The van der Waals surface area contributed by atoms with Gasteiger partial charge in [0, 0.05) is 6.42 Å². The quantitative estimate of drug-likeness (QED) is 0.705.